The Kier molecular flexibility index (Phi) is 7.68. The van der Waals surface area contributed by atoms with Gasteiger partial charge < -0.3 is 20.8 Å². The van der Waals surface area contributed by atoms with Crippen LogP contribution in [0.5, 0.6) is 0 Å². The number of aliphatic hydroxyl groups is 1. The van der Waals surface area contributed by atoms with E-state index in [-0.39, 0.29) is 17.8 Å². The lowest BCUT2D eigenvalue weighted by Crippen LogP contribution is -2.27. The van der Waals surface area contributed by atoms with Gasteiger partial charge in [-0.25, -0.2) is 0 Å². The zero-order valence-corrected chi connectivity index (χ0v) is 15.5. The summed E-state index contributed by atoms with van der Waals surface area (Å²) in [4.78, 5) is 10.7. The Labute approximate surface area is 165 Å². The second kappa shape index (κ2) is 9.77. The van der Waals surface area contributed by atoms with Crippen molar-refractivity contribution in [1.82, 2.24) is 5.32 Å². The van der Waals surface area contributed by atoms with E-state index < -0.39 is 30.2 Å². The highest BCUT2D eigenvalue weighted by Gasteiger charge is 2.34. The number of nitrogens with one attached hydrogen (secondary N) is 2. The molecule has 0 aromatic heterocycles. The van der Waals surface area contributed by atoms with Crippen LogP contribution in [0.25, 0.3) is 0 Å². The molecule has 0 aliphatic heterocycles. The minimum absolute atomic E-state index is 0.235. The van der Waals surface area contributed by atoms with Gasteiger partial charge >= 0.3 is 12.1 Å². The van der Waals surface area contributed by atoms with Gasteiger partial charge in [0.2, 0.25) is 0 Å². The number of carboxylic acid groups (broad SMARTS) is 1. The van der Waals surface area contributed by atoms with Crippen LogP contribution in [0, 0.1) is 0 Å². The smallest absolute Gasteiger partial charge is 0.416 e. The van der Waals surface area contributed by atoms with Crippen molar-refractivity contribution < 1.29 is 28.2 Å². The Morgan fingerprint density at radius 2 is 1.89 bits per heavy atom. The standard InChI is InChI=1S/C19H20ClF3N2O3/c20-14-3-1-2-13(8-14)17(26)11-24-6-7-25-15-5-4-12(9-18(27)28)16(10-15)19(21,22)23/h1-5,8,10,17,24-26H,6-7,9,11H2,(H,27,28)/t17-/m0/s1. The van der Waals surface area contributed by atoms with Gasteiger partial charge in [-0.2, -0.15) is 13.2 Å². The first kappa shape index (κ1) is 22.0. The molecule has 2 rings (SSSR count). The number of aliphatic carboxylic acids is 1. The van der Waals surface area contributed by atoms with Crippen LogP contribution in [0.15, 0.2) is 42.5 Å². The van der Waals surface area contributed by atoms with Gasteiger partial charge in [0, 0.05) is 30.3 Å². The van der Waals surface area contributed by atoms with E-state index in [1.54, 1.807) is 24.3 Å². The van der Waals surface area contributed by atoms with Crippen LogP contribution in [0.2, 0.25) is 5.02 Å². The zero-order valence-electron chi connectivity index (χ0n) is 14.8. The predicted molar refractivity (Wildman–Crippen MR) is 101 cm³/mol. The highest BCUT2D eigenvalue weighted by Crippen LogP contribution is 2.34. The van der Waals surface area contributed by atoms with Gasteiger partial charge in [0.25, 0.3) is 0 Å². The maximum absolute atomic E-state index is 13.1. The first-order valence-electron chi connectivity index (χ1n) is 8.47. The molecule has 0 bridgehead atoms. The highest BCUT2D eigenvalue weighted by molar-refractivity contribution is 6.30. The van der Waals surface area contributed by atoms with Gasteiger partial charge in [-0.1, -0.05) is 29.8 Å². The minimum atomic E-state index is -4.64. The van der Waals surface area contributed by atoms with E-state index >= 15 is 0 Å². The fraction of sp³-hybridized carbons (Fsp3) is 0.316. The van der Waals surface area contributed by atoms with Crippen LogP contribution in [-0.2, 0) is 17.4 Å². The number of benzene rings is 2. The summed E-state index contributed by atoms with van der Waals surface area (Å²) < 4.78 is 39.4. The molecule has 0 aliphatic carbocycles. The Balaban J connectivity index is 1.86. The molecule has 0 amide bonds. The number of alkyl halides is 3. The van der Waals surface area contributed by atoms with Gasteiger partial charge in [-0.3, -0.25) is 4.79 Å². The van der Waals surface area contributed by atoms with Crippen molar-refractivity contribution in [2.24, 2.45) is 0 Å². The molecule has 5 nitrogen and oxygen atoms in total. The number of halogens is 4. The number of hydrogen-bond acceptors (Lipinski definition) is 4. The van der Waals surface area contributed by atoms with E-state index in [0.29, 0.717) is 23.7 Å². The lowest BCUT2D eigenvalue weighted by molar-refractivity contribution is -0.139. The third kappa shape index (κ3) is 6.70. The fourth-order valence-corrected chi connectivity index (χ4v) is 2.83. The summed E-state index contributed by atoms with van der Waals surface area (Å²) in [7, 11) is 0. The Morgan fingerprint density at radius 1 is 1.14 bits per heavy atom. The summed E-state index contributed by atoms with van der Waals surface area (Å²) in [5.41, 5.74) is -0.354. The largest absolute Gasteiger partial charge is 0.481 e. The molecule has 0 radical (unpaired) electrons. The van der Waals surface area contributed by atoms with E-state index in [0.717, 1.165) is 12.1 Å². The monoisotopic (exact) mass is 416 g/mol. The van der Waals surface area contributed by atoms with Gasteiger partial charge in [0.1, 0.15) is 0 Å². The highest BCUT2D eigenvalue weighted by atomic mass is 35.5. The van der Waals surface area contributed by atoms with E-state index in [4.69, 9.17) is 16.7 Å². The SMILES string of the molecule is O=C(O)Cc1ccc(NCCNC[C@H](O)c2cccc(Cl)c2)cc1C(F)(F)F. The Bertz CT molecular complexity index is 815. The molecule has 28 heavy (non-hydrogen) atoms. The summed E-state index contributed by atoms with van der Waals surface area (Å²) in [5.74, 6) is -1.33. The number of rotatable bonds is 9. The van der Waals surface area contributed by atoms with Crippen molar-refractivity contribution in [2.45, 2.75) is 18.7 Å². The van der Waals surface area contributed by atoms with E-state index in [9.17, 15) is 23.1 Å². The van der Waals surface area contributed by atoms with Crippen molar-refractivity contribution in [2.75, 3.05) is 25.0 Å². The third-order valence-corrected chi connectivity index (χ3v) is 4.19. The fourth-order valence-electron chi connectivity index (χ4n) is 2.63. The maximum atomic E-state index is 13.1. The minimum Gasteiger partial charge on any atom is -0.481 e. The molecule has 0 saturated heterocycles. The van der Waals surface area contributed by atoms with Gasteiger partial charge in [-0.05, 0) is 35.4 Å². The van der Waals surface area contributed by atoms with Gasteiger partial charge in [0.15, 0.2) is 0 Å². The maximum Gasteiger partial charge on any atom is 0.416 e. The van der Waals surface area contributed by atoms with E-state index in [2.05, 4.69) is 10.6 Å². The van der Waals surface area contributed by atoms with Gasteiger partial charge in [-0.15, -0.1) is 0 Å². The molecule has 2 aromatic carbocycles. The molecule has 4 N–H and O–H groups in total. The average Bonchev–Trinajstić information content (AvgIpc) is 2.61. The molecule has 9 heteroatoms. The summed E-state index contributed by atoms with van der Waals surface area (Å²) in [6.45, 7) is 0.973. The molecule has 0 spiro atoms. The van der Waals surface area contributed by atoms with E-state index in [1.807, 2.05) is 0 Å². The topological polar surface area (TPSA) is 81.6 Å². The molecule has 0 saturated carbocycles. The lowest BCUT2D eigenvalue weighted by atomic mass is 10.0. The Morgan fingerprint density at radius 3 is 2.54 bits per heavy atom. The zero-order chi connectivity index (χ0) is 20.7. The van der Waals surface area contributed by atoms with Crippen molar-refractivity contribution in [1.29, 1.82) is 0 Å². The number of carboxylic acids is 1. The summed E-state index contributed by atoms with van der Waals surface area (Å²) in [6.07, 6.45) is -6.09. The Hall–Kier alpha value is -2.29. The van der Waals surface area contributed by atoms with Crippen LogP contribution in [-0.4, -0.2) is 35.8 Å². The first-order valence-corrected chi connectivity index (χ1v) is 8.84. The molecule has 152 valence electrons. The van der Waals surface area contributed by atoms with Crippen LogP contribution in [0.1, 0.15) is 22.8 Å². The second-order valence-corrected chi connectivity index (χ2v) is 6.58. The molecule has 0 heterocycles. The van der Waals surface area contributed by atoms with Crippen molar-refractivity contribution in [3.63, 3.8) is 0 Å². The predicted octanol–water partition coefficient (Wildman–Crippen LogP) is 3.72. The van der Waals surface area contributed by atoms with Crippen LogP contribution >= 0.6 is 11.6 Å². The second-order valence-electron chi connectivity index (χ2n) is 6.14. The average molecular weight is 417 g/mol. The van der Waals surface area contributed by atoms with Crippen molar-refractivity contribution in [3.05, 3.63) is 64.2 Å². The normalized spacial score (nSPS) is 12.6. The molecular weight excluding hydrogens is 397 g/mol. The molecular formula is C19H20ClF3N2O3. The lowest BCUT2D eigenvalue weighted by Gasteiger charge is -2.15. The number of hydrogen-bond donors (Lipinski definition) is 4. The summed E-state index contributed by atoms with van der Waals surface area (Å²) in [6, 6.07) is 10.3. The number of aliphatic hydroxyl groups excluding tert-OH is 1. The first-order chi connectivity index (χ1) is 13.2. The molecule has 0 aliphatic rings. The third-order valence-electron chi connectivity index (χ3n) is 3.96. The van der Waals surface area contributed by atoms with Crippen LogP contribution in [0.4, 0.5) is 18.9 Å². The van der Waals surface area contributed by atoms with Crippen molar-refractivity contribution in [3.8, 4) is 0 Å². The quantitative estimate of drug-likeness (QED) is 0.468. The number of carbonyl (C=O) groups is 1. The number of anilines is 1. The van der Waals surface area contributed by atoms with E-state index in [1.165, 1.54) is 6.07 Å². The summed E-state index contributed by atoms with van der Waals surface area (Å²) >= 11 is 5.87. The summed E-state index contributed by atoms with van der Waals surface area (Å²) in [5, 5.41) is 25.2. The van der Waals surface area contributed by atoms with Crippen LogP contribution in [0.3, 0.4) is 0 Å². The van der Waals surface area contributed by atoms with Crippen LogP contribution < -0.4 is 10.6 Å². The molecule has 2 aromatic rings. The van der Waals surface area contributed by atoms with Crippen molar-refractivity contribution >= 4 is 23.3 Å². The van der Waals surface area contributed by atoms with Gasteiger partial charge in [0.05, 0.1) is 18.1 Å². The molecule has 0 unspecified atom stereocenters. The molecule has 0 fully saturated rings. The molecule has 1 atom stereocenters.